The van der Waals surface area contributed by atoms with E-state index in [4.69, 9.17) is 4.84 Å². The highest BCUT2D eigenvalue weighted by molar-refractivity contribution is 5.77. The summed E-state index contributed by atoms with van der Waals surface area (Å²) < 4.78 is 37.2. The van der Waals surface area contributed by atoms with E-state index >= 15 is 0 Å². The van der Waals surface area contributed by atoms with Gasteiger partial charge in [-0.3, -0.25) is 9.63 Å². The van der Waals surface area contributed by atoms with Gasteiger partial charge in [-0.2, -0.15) is 13.2 Å². The first-order valence-corrected chi connectivity index (χ1v) is 4.58. The summed E-state index contributed by atoms with van der Waals surface area (Å²) in [6, 6.07) is 4.77. The van der Waals surface area contributed by atoms with Crippen LogP contribution in [-0.4, -0.2) is 5.91 Å². The van der Waals surface area contributed by atoms with Crippen molar-refractivity contribution in [1.82, 2.24) is 5.48 Å². The number of amides is 1. The van der Waals surface area contributed by atoms with Crippen molar-refractivity contribution >= 4 is 5.91 Å². The van der Waals surface area contributed by atoms with Crippen LogP contribution < -0.4 is 5.48 Å². The molecule has 2 rings (SSSR count). The summed E-state index contributed by atoms with van der Waals surface area (Å²) in [4.78, 5) is 15.7. The Kier molecular flexibility index (Phi) is 2.59. The third kappa shape index (κ3) is 2.16. The molecule has 3 nitrogen and oxygen atoms in total. The number of halogens is 3. The van der Waals surface area contributed by atoms with Gasteiger partial charge in [-0.15, -0.1) is 0 Å². The third-order valence-corrected chi connectivity index (χ3v) is 2.27. The number of carbonyl (C=O) groups is 1. The van der Waals surface area contributed by atoms with Crippen LogP contribution in [0.3, 0.4) is 0 Å². The predicted octanol–water partition coefficient (Wildman–Crippen LogP) is 2.20. The van der Waals surface area contributed by atoms with Gasteiger partial charge in [0.2, 0.25) is 5.91 Å². The summed E-state index contributed by atoms with van der Waals surface area (Å²) >= 11 is 0. The Labute approximate surface area is 89.2 Å². The largest absolute Gasteiger partial charge is 0.416 e. The van der Waals surface area contributed by atoms with Crippen LogP contribution in [0.15, 0.2) is 24.3 Å². The van der Waals surface area contributed by atoms with Crippen molar-refractivity contribution in [2.75, 3.05) is 0 Å². The molecule has 1 fully saturated rings. The van der Waals surface area contributed by atoms with E-state index in [1.54, 1.807) is 0 Å². The molecule has 16 heavy (non-hydrogen) atoms. The molecule has 6 heteroatoms. The quantitative estimate of drug-likeness (QED) is 0.804. The molecule has 0 saturated carbocycles. The van der Waals surface area contributed by atoms with Crippen LogP contribution in [0.1, 0.15) is 23.7 Å². The van der Waals surface area contributed by atoms with Crippen molar-refractivity contribution in [1.29, 1.82) is 0 Å². The summed E-state index contributed by atoms with van der Waals surface area (Å²) in [6.45, 7) is 0. The van der Waals surface area contributed by atoms with E-state index in [-0.39, 0.29) is 12.3 Å². The fraction of sp³-hybridized carbons (Fsp3) is 0.300. The molecule has 1 saturated heterocycles. The number of hydrogen-bond acceptors (Lipinski definition) is 2. The van der Waals surface area contributed by atoms with Gasteiger partial charge in [0.15, 0.2) is 0 Å². The van der Waals surface area contributed by atoms with Crippen molar-refractivity contribution < 1.29 is 22.8 Å². The fourth-order valence-electron chi connectivity index (χ4n) is 1.49. The third-order valence-electron chi connectivity index (χ3n) is 2.27. The molecule has 0 aromatic heterocycles. The van der Waals surface area contributed by atoms with E-state index in [1.807, 2.05) is 0 Å². The topological polar surface area (TPSA) is 38.3 Å². The first-order valence-electron chi connectivity index (χ1n) is 4.58. The van der Waals surface area contributed by atoms with E-state index < -0.39 is 17.8 Å². The Hall–Kier alpha value is -1.56. The SMILES string of the molecule is O=C1CC(c2cccc(C(F)(F)F)c2)ON1. The number of hydrogen-bond donors (Lipinski definition) is 1. The molecule has 0 spiro atoms. The molecule has 1 unspecified atom stereocenters. The van der Waals surface area contributed by atoms with Crippen LogP contribution in [0.5, 0.6) is 0 Å². The van der Waals surface area contributed by atoms with Gasteiger partial charge >= 0.3 is 6.18 Å². The van der Waals surface area contributed by atoms with Gasteiger partial charge in [-0.25, -0.2) is 5.48 Å². The highest BCUT2D eigenvalue weighted by Gasteiger charge is 2.32. The van der Waals surface area contributed by atoms with Gasteiger partial charge < -0.3 is 0 Å². The Morgan fingerprint density at radius 1 is 1.38 bits per heavy atom. The number of alkyl halides is 3. The summed E-state index contributed by atoms with van der Waals surface area (Å²) in [6.07, 6.45) is -4.98. The summed E-state index contributed by atoms with van der Waals surface area (Å²) in [5.41, 5.74) is 1.70. The van der Waals surface area contributed by atoms with Crippen LogP contribution in [0, 0.1) is 0 Å². The molecule has 0 aliphatic carbocycles. The molecular weight excluding hydrogens is 223 g/mol. The molecule has 1 heterocycles. The lowest BCUT2D eigenvalue weighted by atomic mass is 10.0. The molecule has 1 atom stereocenters. The maximum atomic E-state index is 12.4. The minimum Gasteiger partial charge on any atom is -0.273 e. The Morgan fingerprint density at radius 2 is 2.12 bits per heavy atom. The van der Waals surface area contributed by atoms with Crippen LogP contribution in [0.2, 0.25) is 0 Å². The van der Waals surface area contributed by atoms with Crippen LogP contribution in [-0.2, 0) is 15.8 Å². The summed E-state index contributed by atoms with van der Waals surface area (Å²) in [5, 5.41) is 0. The first kappa shape index (κ1) is 10.9. The van der Waals surface area contributed by atoms with Gasteiger partial charge in [0.1, 0.15) is 6.10 Å². The maximum absolute atomic E-state index is 12.4. The molecule has 0 bridgehead atoms. The molecular formula is C10H8F3NO2. The molecule has 86 valence electrons. The van der Waals surface area contributed by atoms with Crippen LogP contribution in [0.4, 0.5) is 13.2 Å². The van der Waals surface area contributed by atoms with Crippen molar-refractivity contribution in [3.8, 4) is 0 Å². The number of hydroxylamine groups is 1. The molecule has 1 aliphatic heterocycles. The molecule has 0 radical (unpaired) electrons. The van der Waals surface area contributed by atoms with Crippen molar-refractivity contribution in [3.05, 3.63) is 35.4 Å². The van der Waals surface area contributed by atoms with E-state index in [0.29, 0.717) is 5.56 Å². The standard InChI is InChI=1S/C10H8F3NO2/c11-10(12,13)7-3-1-2-6(4-7)8-5-9(15)14-16-8/h1-4,8H,5H2,(H,14,15). The minimum absolute atomic E-state index is 0.0430. The average molecular weight is 231 g/mol. The maximum Gasteiger partial charge on any atom is 0.416 e. The fourth-order valence-corrected chi connectivity index (χ4v) is 1.49. The number of nitrogens with one attached hydrogen (secondary N) is 1. The van der Waals surface area contributed by atoms with Crippen molar-refractivity contribution in [2.24, 2.45) is 0 Å². The number of carbonyl (C=O) groups excluding carboxylic acids is 1. The summed E-state index contributed by atoms with van der Waals surface area (Å²) in [7, 11) is 0. The monoisotopic (exact) mass is 231 g/mol. The van der Waals surface area contributed by atoms with E-state index in [1.165, 1.54) is 12.1 Å². The number of rotatable bonds is 1. The zero-order valence-corrected chi connectivity index (χ0v) is 8.04. The second-order valence-electron chi connectivity index (χ2n) is 3.46. The molecule has 1 amide bonds. The van der Waals surface area contributed by atoms with E-state index in [0.717, 1.165) is 12.1 Å². The second-order valence-corrected chi connectivity index (χ2v) is 3.46. The predicted molar refractivity (Wildman–Crippen MR) is 48.0 cm³/mol. The lowest BCUT2D eigenvalue weighted by Gasteiger charge is -2.11. The van der Waals surface area contributed by atoms with Gasteiger partial charge in [0.05, 0.1) is 12.0 Å². The molecule has 1 aliphatic rings. The summed E-state index contributed by atoms with van der Waals surface area (Å²) in [5.74, 6) is -0.331. The smallest absolute Gasteiger partial charge is 0.273 e. The zero-order chi connectivity index (χ0) is 11.8. The van der Waals surface area contributed by atoms with Gasteiger partial charge in [-0.05, 0) is 17.7 Å². The van der Waals surface area contributed by atoms with E-state index in [9.17, 15) is 18.0 Å². The second kappa shape index (κ2) is 3.79. The minimum atomic E-state index is -4.38. The van der Waals surface area contributed by atoms with Gasteiger partial charge in [0.25, 0.3) is 0 Å². The van der Waals surface area contributed by atoms with E-state index in [2.05, 4.69) is 5.48 Å². The molecule has 1 aromatic carbocycles. The van der Waals surface area contributed by atoms with Gasteiger partial charge in [-0.1, -0.05) is 12.1 Å². The van der Waals surface area contributed by atoms with Crippen molar-refractivity contribution in [2.45, 2.75) is 18.7 Å². The average Bonchev–Trinajstić information content (AvgIpc) is 2.64. The van der Waals surface area contributed by atoms with Crippen LogP contribution in [0.25, 0.3) is 0 Å². The lowest BCUT2D eigenvalue weighted by molar-refractivity contribution is -0.137. The van der Waals surface area contributed by atoms with Crippen LogP contribution >= 0.6 is 0 Å². The van der Waals surface area contributed by atoms with Gasteiger partial charge in [0, 0.05) is 0 Å². The lowest BCUT2D eigenvalue weighted by Crippen LogP contribution is -2.11. The highest BCUT2D eigenvalue weighted by atomic mass is 19.4. The molecule has 1 N–H and O–H groups in total. The highest BCUT2D eigenvalue weighted by Crippen LogP contribution is 2.32. The Morgan fingerprint density at radius 3 is 2.69 bits per heavy atom. The Bertz CT molecular complexity index is 417. The number of benzene rings is 1. The first-order chi connectivity index (χ1) is 7.47. The Balaban J connectivity index is 2.26. The normalized spacial score (nSPS) is 20.9. The van der Waals surface area contributed by atoms with Crippen molar-refractivity contribution in [3.63, 3.8) is 0 Å². The molecule has 1 aromatic rings. The zero-order valence-electron chi connectivity index (χ0n) is 8.04.